The Morgan fingerprint density at radius 1 is 1.03 bits per heavy atom. The van der Waals surface area contributed by atoms with Crippen molar-refractivity contribution in [3.63, 3.8) is 0 Å². The van der Waals surface area contributed by atoms with Crippen molar-refractivity contribution >= 4 is 17.7 Å². The number of hydrogen-bond donors (Lipinski definition) is 2. The molecule has 2 aromatic rings. The van der Waals surface area contributed by atoms with Crippen molar-refractivity contribution in [3.8, 4) is 0 Å². The molecular weight excluding hydrogens is 366 g/mol. The van der Waals surface area contributed by atoms with E-state index >= 15 is 0 Å². The number of imide groups is 1. The number of nitrogens with one attached hydrogen (secondary N) is 2. The summed E-state index contributed by atoms with van der Waals surface area (Å²) in [5.74, 6) is -0.883. The topological polar surface area (TPSA) is 78.5 Å². The molecule has 0 aromatic heterocycles. The summed E-state index contributed by atoms with van der Waals surface area (Å²) in [5.41, 5.74) is 2.02. The third-order valence-corrected chi connectivity index (χ3v) is 5.90. The molecule has 2 heterocycles. The fraction of sp³-hybridized carbons (Fsp3) is 0.348. The molecule has 0 radical (unpaired) electrons. The Kier molecular flexibility index (Phi) is 5.20. The summed E-state index contributed by atoms with van der Waals surface area (Å²) in [5, 5.41) is 6.33. The van der Waals surface area contributed by atoms with Crippen LogP contribution in [0, 0.1) is 5.41 Å². The molecule has 0 bridgehead atoms. The summed E-state index contributed by atoms with van der Waals surface area (Å²) in [4.78, 5) is 39.4. The lowest BCUT2D eigenvalue weighted by Crippen LogP contribution is -2.42. The molecule has 6 heteroatoms. The molecule has 2 N–H and O–H groups in total. The van der Waals surface area contributed by atoms with Gasteiger partial charge in [0.2, 0.25) is 0 Å². The van der Waals surface area contributed by atoms with Crippen LogP contribution in [0.3, 0.4) is 0 Å². The van der Waals surface area contributed by atoms with Crippen LogP contribution in [-0.2, 0) is 6.54 Å². The highest BCUT2D eigenvalue weighted by atomic mass is 16.2. The van der Waals surface area contributed by atoms with Crippen LogP contribution >= 0.6 is 0 Å². The molecule has 150 valence electrons. The van der Waals surface area contributed by atoms with E-state index in [1.165, 1.54) is 4.90 Å². The van der Waals surface area contributed by atoms with E-state index in [9.17, 15) is 14.4 Å². The predicted octanol–water partition coefficient (Wildman–Crippen LogP) is 2.60. The lowest BCUT2D eigenvalue weighted by Gasteiger charge is -2.34. The van der Waals surface area contributed by atoms with Gasteiger partial charge in [-0.25, -0.2) is 0 Å². The van der Waals surface area contributed by atoms with Crippen LogP contribution in [0.5, 0.6) is 0 Å². The molecule has 0 saturated carbocycles. The monoisotopic (exact) mass is 391 g/mol. The maximum Gasteiger partial charge on any atom is 0.261 e. The summed E-state index contributed by atoms with van der Waals surface area (Å²) < 4.78 is 0. The summed E-state index contributed by atoms with van der Waals surface area (Å²) >= 11 is 0. The van der Waals surface area contributed by atoms with E-state index in [-0.39, 0.29) is 29.7 Å². The third kappa shape index (κ3) is 3.93. The summed E-state index contributed by atoms with van der Waals surface area (Å²) in [6, 6.07) is 14.1. The Morgan fingerprint density at radius 3 is 2.45 bits per heavy atom. The first-order chi connectivity index (χ1) is 14.0. The maximum atomic E-state index is 12.8. The Hall–Kier alpha value is -2.99. The predicted molar refractivity (Wildman–Crippen MR) is 110 cm³/mol. The van der Waals surface area contributed by atoms with Gasteiger partial charge in [-0.05, 0) is 55.1 Å². The molecule has 3 amide bonds. The average molecular weight is 391 g/mol. The molecule has 0 atom stereocenters. The number of rotatable bonds is 5. The van der Waals surface area contributed by atoms with Crippen LogP contribution in [0.1, 0.15) is 56.4 Å². The number of amides is 3. The second-order valence-electron chi connectivity index (χ2n) is 8.19. The van der Waals surface area contributed by atoms with E-state index < -0.39 is 0 Å². The van der Waals surface area contributed by atoms with Gasteiger partial charge in [-0.2, -0.15) is 0 Å². The molecule has 6 nitrogen and oxygen atoms in total. The van der Waals surface area contributed by atoms with E-state index in [2.05, 4.69) is 17.6 Å². The molecule has 2 aliphatic rings. The standard InChI is InChI=1S/C23H25N3O3/c1-23(9-11-24-12-10-23)15-25-20(27)17-7-8-18-19(13-17)22(29)26(21(18)28)14-16-5-3-2-4-6-16/h2-8,13,24H,9-12,14-15H2,1H3,(H,25,27). The van der Waals surface area contributed by atoms with Crippen molar-refractivity contribution in [2.45, 2.75) is 26.3 Å². The van der Waals surface area contributed by atoms with Crippen LogP contribution in [0.4, 0.5) is 0 Å². The molecule has 0 unspecified atom stereocenters. The smallest absolute Gasteiger partial charge is 0.261 e. The first-order valence-electron chi connectivity index (χ1n) is 10.00. The summed E-state index contributed by atoms with van der Waals surface area (Å²) in [6.07, 6.45) is 2.03. The Bertz CT molecular complexity index is 949. The fourth-order valence-corrected chi connectivity index (χ4v) is 3.94. The molecule has 2 aliphatic heterocycles. The van der Waals surface area contributed by atoms with E-state index in [0.29, 0.717) is 23.2 Å². The Morgan fingerprint density at radius 2 is 1.72 bits per heavy atom. The van der Waals surface area contributed by atoms with Gasteiger partial charge in [-0.3, -0.25) is 19.3 Å². The van der Waals surface area contributed by atoms with Crippen molar-refractivity contribution in [1.29, 1.82) is 0 Å². The molecule has 0 aliphatic carbocycles. The number of carbonyl (C=O) groups is 3. The van der Waals surface area contributed by atoms with Gasteiger partial charge in [-0.15, -0.1) is 0 Å². The molecule has 1 saturated heterocycles. The highest BCUT2D eigenvalue weighted by Crippen LogP contribution is 2.28. The van der Waals surface area contributed by atoms with Crippen molar-refractivity contribution in [2.75, 3.05) is 19.6 Å². The third-order valence-electron chi connectivity index (χ3n) is 5.90. The first kappa shape index (κ1) is 19.3. The minimum Gasteiger partial charge on any atom is -0.351 e. The minimum atomic E-state index is -0.353. The second kappa shape index (κ2) is 7.79. The molecule has 2 aromatic carbocycles. The lowest BCUT2D eigenvalue weighted by atomic mass is 9.81. The van der Waals surface area contributed by atoms with E-state index in [1.807, 2.05) is 30.3 Å². The fourth-order valence-electron chi connectivity index (χ4n) is 3.94. The van der Waals surface area contributed by atoms with Gasteiger partial charge in [0.1, 0.15) is 0 Å². The van der Waals surface area contributed by atoms with Gasteiger partial charge in [0.05, 0.1) is 17.7 Å². The Labute approximate surface area is 170 Å². The molecule has 0 spiro atoms. The summed E-state index contributed by atoms with van der Waals surface area (Å²) in [6.45, 7) is 4.91. The van der Waals surface area contributed by atoms with Gasteiger partial charge < -0.3 is 10.6 Å². The SMILES string of the molecule is CC1(CNC(=O)c2ccc3c(c2)C(=O)N(Cc2ccccc2)C3=O)CCNCC1. The van der Waals surface area contributed by atoms with Crippen LogP contribution in [0.15, 0.2) is 48.5 Å². The molecular formula is C23H25N3O3. The zero-order valence-corrected chi connectivity index (χ0v) is 16.5. The number of benzene rings is 2. The van der Waals surface area contributed by atoms with Gasteiger partial charge >= 0.3 is 0 Å². The molecule has 1 fully saturated rings. The van der Waals surface area contributed by atoms with Crippen molar-refractivity contribution in [3.05, 3.63) is 70.8 Å². The van der Waals surface area contributed by atoms with Crippen LogP contribution < -0.4 is 10.6 Å². The van der Waals surface area contributed by atoms with Gasteiger partial charge in [0.15, 0.2) is 0 Å². The maximum absolute atomic E-state index is 12.8. The normalized spacial score (nSPS) is 17.9. The molecule has 29 heavy (non-hydrogen) atoms. The lowest BCUT2D eigenvalue weighted by molar-refractivity contribution is 0.0642. The first-order valence-corrected chi connectivity index (χ1v) is 10.00. The van der Waals surface area contributed by atoms with Crippen molar-refractivity contribution in [2.24, 2.45) is 5.41 Å². The van der Waals surface area contributed by atoms with Crippen molar-refractivity contribution in [1.82, 2.24) is 15.5 Å². The van der Waals surface area contributed by atoms with E-state index in [0.717, 1.165) is 31.5 Å². The minimum absolute atomic E-state index is 0.0793. The molecule has 4 rings (SSSR count). The second-order valence-corrected chi connectivity index (χ2v) is 8.19. The zero-order chi connectivity index (χ0) is 20.4. The zero-order valence-electron chi connectivity index (χ0n) is 16.5. The summed E-state index contributed by atoms with van der Waals surface area (Å²) in [7, 11) is 0. The highest BCUT2D eigenvalue weighted by Gasteiger charge is 2.36. The van der Waals surface area contributed by atoms with Crippen LogP contribution in [0.2, 0.25) is 0 Å². The van der Waals surface area contributed by atoms with Crippen LogP contribution in [0.25, 0.3) is 0 Å². The largest absolute Gasteiger partial charge is 0.351 e. The van der Waals surface area contributed by atoms with Gasteiger partial charge in [0.25, 0.3) is 17.7 Å². The number of carbonyl (C=O) groups excluding carboxylic acids is 3. The Balaban J connectivity index is 1.47. The number of piperidine rings is 1. The van der Waals surface area contributed by atoms with Gasteiger partial charge in [-0.1, -0.05) is 37.3 Å². The quantitative estimate of drug-likeness (QED) is 0.768. The highest BCUT2D eigenvalue weighted by molar-refractivity contribution is 6.22. The van der Waals surface area contributed by atoms with Crippen LogP contribution in [-0.4, -0.2) is 42.3 Å². The van der Waals surface area contributed by atoms with Gasteiger partial charge in [0, 0.05) is 12.1 Å². The van der Waals surface area contributed by atoms with E-state index in [1.54, 1.807) is 18.2 Å². The van der Waals surface area contributed by atoms with Crippen molar-refractivity contribution < 1.29 is 14.4 Å². The average Bonchev–Trinajstić information content (AvgIpc) is 2.98. The number of nitrogens with zero attached hydrogens (tertiary/aromatic N) is 1. The number of hydrogen-bond acceptors (Lipinski definition) is 4. The number of fused-ring (bicyclic) bond motifs is 1. The van der Waals surface area contributed by atoms with E-state index in [4.69, 9.17) is 0 Å².